The second-order valence-corrected chi connectivity index (χ2v) is 4.75. The molecule has 0 aromatic heterocycles. The van der Waals surface area contributed by atoms with Gasteiger partial charge in [-0.1, -0.05) is 0 Å². The fourth-order valence-electron chi connectivity index (χ4n) is 1.87. The van der Waals surface area contributed by atoms with E-state index in [0.717, 1.165) is 25.9 Å². The normalized spacial score (nSPS) is 20.2. The third-order valence-electron chi connectivity index (χ3n) is 3.21. The lowest BCUT2D eigenvalue weighted by Crippen LogP contribution is -2.50. The molecule has 0 atom stereocenters. The minimum atomic E-state index is -0.728. The van der Waals surface area contributed by atoms with Crippen LogP contribution in [-0.2, 0) is 9.53 Å². The summed E-state index contributed by atoms with van der Waals surface area (Å²) in [7, 11) is 2.04. The van der Waals surface area contributed by atoms with E-state index in [4.69, 9.17) is 4.74 Å². The first-order chi connectivity index (χ1) is 8.06. The second kappa shape index (κ2) is 6.93. The van der Waals surface area contributed by atoms with Crippen molar-refractivity contribution in [3.8, 4) is 0 Å². The average Bonchev–Trinajstić information content (AvgIpc) is 2.32. The molecule has 5 heteroatoms. The summed E-state index contributed by atoms with van der Waals surface area (Å²) >= 11 is 0. The van der Waals surface area contributed by atoms with Crippen molar-refractivity contribution < 1.29 is 14.6 Å². The van der Waals surface area contributed by atoms with Gasteiger partial charge in [0.15, 0.2) is 0 Å². The van der Waals surface area contributed by atoms with Crippen LogP contribution in [0.3, 0.4) is 0 Å². The van der Waals surface area contributed by atoms with E-state index in [-0.39, 0.29) is 5.91 Å². The zero-order chi connectivity index (χ0) is 12.7. The second-order valence-electron chi connectivity index (χ2n) is 4.75. The van der Waals surface area contributed by atoms with Crippen LogP contribution < -0.4 is 5.32 Å². The molecule has 0 aromatic rings. The summed E-state index contributed by atoms with van der Waals surface area (Å²) in [5, 5.41) is 13.0. The quantitative estimate of drug-likeness (QED) is 0.645. The SMILES string of the molecule is CCOCCC(=O)NCC1(O)CCN(C)CC1. The summed E-state index contributed by atoms with van der Waals surface area (Å²) in [6, 6.07) is 0. The van der Waals surface area contributed by atoms with Gasteiger partial charge in [-0.3, -0.25) is 4.79 Å². The zero-order valence-electron chi connectivity index (χ0n) is 10.9. The smallest absolute Gasteiger partial charge is 0.222 e. The standard InChI is InChI=1S/C12H24N2O3/c1-3-17-9-4-11(15)13-10-12(16)5-7-14(2)8-6-12/h16H,3-10H2,1-2H3,(H,13,15). The van der Waals surface area contributed by atoms with Crippen LogP contribution in [0.25, 0.3) is 0 Å². The molecule has 0 radical (unpaired) electrons. The van der Waals surface area contributed by atoms with E-state index in [0.29, 0.717) is 26.2 Å². The minimum Gasteiger partial charge on any atom is -0.388 e. The van der Waals surface area contributed by atoms with Gasteiger partial charge in [-0.05, 0) is 26.8 Å². The number of likely N-dealkylation sites (tertiary alicyclic amines) is 1. The molecular weight excluding hydrogens is 220 g/mol. The maximum atomic E-state index is 11.5. The number of nitrogens with one attached hydrogen (secondary N) is 1. The van der Waals surface area contributed by atoms with Crippen molar-refractivity contribution in [1.82, 2.24) is 10.2 Å². The van der Waals surface area contributed by atoms with Crippen molar-refractivity contribution >= 4 is 5.91 Å². The van der Waals surface area contributed by atoms with Crippen molar-refractivity contribution in [2.75, 3.05) is 39.9 Å². The lowest BCUT2D eigenvalue weighted by atomic mass is 9.91. The summed E-state index contributed by atoms with van der Waals surface area (Å²) in [6.07, 6.45) is 1.80. The van der Waals surface area contributed by atoms with Crippen molar-refractivity contribution in [3.63, 3.8) is 0 Å². The first-order valence-corrected chi connectivity index (χ1v) is 6.31. The topological polar surface area (TPSA) is 61.8 Å². The van der Waals surface area contributed by atoms with Crippen molar-refractivity contribution in [1.29, 1.82) is 0 Å². The summed E-state index contributed by atoms with van der Waals surface area (Å²) in [5.74, 6) is -0.0502. The van der Waals surface area contributed by atoms with Gasteiger partial charge in [-0.2, -0.15) is 0 Å². The molecule has 1 fully saturated rings. The van der Waals surface area contributed by atoms with E-state index >= 15 is 0 Å². The van der Waals surface area contributed by atoms with Crippen LogP contribution >= 0.6 is 0 Å². The molecule has 0 spiro atoms. The molecule has 0 bridgehead atoms. The van der Waals surface area contributed by atoms with E-state index in [1.54, 1.807) is 0 Å². The summed E-state index contributed by atoms with van der Waals surface area (Å²) < 4.78 is 5.11. The molecule has 1 amide bonds. The largest absolute Gasteiger partial charge is 0.388 e. The van der Waals surface area contributed by atoms with Crippen LogP contribution in [0.2, 0.25) is 0 Å². The van der Waals surface area contributed by atoms with Gasteiger partial charge in [-0.25, -0.2) is 0 Å². The molecule has 5 nitrogen and oxygen atoms in total. The number of aliphatic hydroxyl groups is 1. The molecule has 1 rings (SSSR count). The summed E-state index contributed by atoms with van der Waals surface area (Å²) in [5.41, 5.74) is -0.728. The van der Waals surface area contributed by atoms with Gasteiger partial charge >= 0.3 is 0 Å². The Kier molecular flexibility index (Phi) is 5.88. The van der Waals surface area contributed by atoms with E-state index < -0.39 is 5.60 Å². The third-order valence-corrected chi connectivity index (χ3v) is 3.21. The van der Waals surface area contributed by atoms with Gasteiger partial charge in [0.1, 0.15) is 0 Å². The molecule has 0 unspecified atom stereocenters. The number of hydrogen-bond donors (Lipinski definition) is 2. The Morgan fingerprint density at radius 3 is 2.71 bits per heavy atom. The molecule has 0 saturated carbocycles. The molecule has 2 N–H and O–H groups in total. The summed E-state index contributed by atoms with van der Waals surface area (Å²) in [6.45, 7) is 5.09. The number of carbonyl (C=O) groups excluding carboxylic acids is 1. The van der Waals surface area contributed by atoms with Crippen LogP contribution in [0.5, 0.6) is 0 Å². The highest BCUT2D eigenvalue weighted by atomic mass is 16.5. The predicted octanol–water partition coefficient (Wildman–Crippen LogP) is -0.0141. The van der Waals surface area contributed by atoms with Crippen molar-refractivity contribution in [3.05, 3.63) is 0 Å². The Morgan fingerprint density at radius 1 is 1.47 bits per heavy atom. The fourth-order valence-corrected chi connectivity index (χ4v) is 1.87. The average molecular weight is 244 g/mol. The number of rotatable bonds is 6. The van der Waals surface area contributed by atoms with Crippen LogP contribution in [0.1, 0.15) is 26.2 Å². The van der Waals surface area contributed by atoms with Gasteiger partial charge in [0.25, 0.3) is 0 Å². The van der Waals surface area contributed by atoms with Gasteiger partial charge in [0.05, 0.1) is 12.2 Å². The van der Waals surface area contributed by atoms with E-state index in [1.165, 1.54) is 0 Å². The molecule has 0 aliphatic carbocycles. The molecule has 1 saturated heterocycles. The van der Waals surface area contributed by atoms with Crippen LogP contribution in [0, 0.1) is 0 Å². The minimum absolute atomic E-state index is 0.0502. The Labute approximate surface area is 103 Å². The maximum Gasteiger partial charge on any atom is 0.222 e. The first-order valence-electron chi connectivity index (χ1n) is 6.31. The van der Waals surface area contributed by atoms with Gasteiger partial charge < -0.3 is 20.1 Å². The monoisotopic (exact) mass is 244 g/mol. The number of hydrogen-bond acceptors (Lipinski definition) is 4. The predicted molar refractivity (Wildman–Crippen MR) is 65.8 cm³/mol. The lowest BCUT2D eigenvalue weighted by molar-refractivity contribution is -0.124. The number of ether oxygens (including phenoxy) is 1. The molecule has 1 heterocycles. The van der Waals surface area contributed by atoms with Gasteiger partial charge in [0, 0.05) is 32.7 Å². The molecule has 100 valence electrons. The van der Waals surface area contributed by atoms with Crippen molar-refractivity contribution in [2.24, 2.45) is 0 Å². The first kappa shape index (κ1) is 14.4. The number of carbonyl (C=O) groups is 1. The van der Waals surface area contributed by atoms with E-state index in [2.05, 4.69) is 10.2 Å². The lowest BCUT2D eigenvalue weighted by Gasteiger charge is -2.36. The molecule has 1 aliphatic rings. The Bertz CT molecular complexity index is 238. The highest BCUT2D eigenvalue weighted by Crippen LogP contribution is 2.20. The number of amides is 1. The summed E-state index contributed by atoms with van der Waals surface area (Å²) in [4.78, 5) is 13.6. The maximum absolute atomic E-state index is 11.5. The third kappa shape index (κ3) is 5.48. The molecular formula is C12H24N2O3. The fraction of sp³-hybridized carbons (Fsp3) is 0.917. The van der Waals surface area contributed by atoms with Crippen LogP contribution in [-0.4, -0.2) is 61.4 Å². The number of piperidine rings is 1. The van der Waals surface area contributed by atoms with Crippen LogP contribution in [0.15, 0.2) is 0 Å². The Balaban J connectivity index is 2.18. The van der Waals surface area contributed by atoms with Crippen molar-refractivity contribution in [2.45, 2.75) is 31.8 Å². The molecule has 1 aliphatic heterocycles. The Hall–Kier alpha value is -0.650. The van der Waals surface area contributed by atoms with Crippen LogP contribution in [0.4, 0.5) is 0 Å². The van der Waals surface area contributed by atoms with Gasteiger partial charge in [0.2, 0.25) is 5.91 Å². The zero-order valence-corrected chi connectivity index (χ0v) is 10.9. The van der Waals surface area contributed by atoms with E-state index in [9.17, 15) is 9.90 Å². The van der Waals surface area contributed by atoms with E-state index in [1.807, 2.05) is 14.0 Å². The highest BCUT2D eigenvalue weighted by Gasteiger charge is 2.31. The highest BCUT2D eigenvalue weighted by molar-refractivity contribution is 5.76. The Morgan fingerprint density at radius 2 is 2.12 bits per heavy atom. The molecule has 17 heavy (non-hydrogen) atoms. The molecule has 0 aromatic carbocycles. The number of nitrogens with zero attached hydrogens (tertiary/aromatic N) is 1. The van der Waals surface area contributed by atoms with Gasteiger partial charge in [-0.15, -0.1) is 0 Å².